The highest BCUT2D eigenvalue weighted by Gasteiger charge is 2.59. The first-order chi connectivity index (χ1) is 22.0. The highest BCUT2D eigenvalue weighted by Crippen LogP contribution is 2.67. The first kappa shape index (κ1) is 37.4. The number of carbonyl (C=O) groups excluding carboxylic acids is 2. The van der Waals surface area contributed by atoms with Crippen molar-refractivity contribution in [3.8, 4) is 0 Å². The second-order valence-corrected chi connectivity index (χ2v) is 16.8. The molecule has 8 atom stereocenters. The molecule has 4 rings (SSSR count). The summed E-state index contributed by atoms with van der Waals surface area (Å²) < 4.78 is 5.99. The van der Waals surface area contributed by atoms with Gasteiger partial charge in [0, 0.05) is 32.4 Å². The lowest BCUT2D eigenvalue weighted by Gasteiger charge is -2.58. The predicted octanol–water partition coefficient (Wildman–Crippen LogP) is 4.38. The highest BCUT2D eigenvalue weighted by atomic mass is 16.5. The Morgan fingerprint density at radius 3 is 2.39 bits per heavy atom. The molecular weight excluding hydrogens is 572 g/mol. The van der Waals surface area contributed by atoms with E-state index in [2.05, 4.69) is 57.5 Å². The second kappa shape index (κ2) is 17.3. The number of allylic oxidation sites excluding steroid dienone is 1. The van der Waals surface area contributed by atoms with Crippen molar-refractivity contribution in [1.29, 1.82) is 0 Å². The van der Waals surface area contributed by atoms with Crippen molar-refractivity contribution in [3.63, 3.8) is 0 Å². The molecule has 0 radical (unpaired) electrons. The number of esters is 1. The number of rotatable bonds is 17. The SMILES string of the molecule is CC(C)CCC[C@@H](C)[C@H]1CC[C@H]2[C@@H]3CC=C4C[C@@H](OC(=O)C(=O)N(CCC[NH3+])CCCC[NH2+]CCC[NH3+])CC[C@]4(C)[C@H]3CC[C@]12C. The average molecular weight is 646 g/mol. The van der Waals surface area contributed by atoms with Crippen LogP contribution < -0.4 is 16.8 Å². The quantitative estimate of drug-likeness (QED) is 0.0943. The molecule has 3 fully saturated rings. The molecule has 0 heterocycles. The van der Waals surface area contributed by atoms with Crippen molar-refractivity contribution in [1.82, 2.24) is 4.90 Å². The summed E-state index contributed by atoms with van der Waals surface area (Å²) in [6, 6.07) is 0. The zero-order valence-electron chi connectivity index (χ0n) is 30.6. The molecule has 46 heavy (non-hydrogen) atoms. The van der Waals surface area contributed by atoms with Crippen LogP contribution in [0.4, 0.5) is 0 Å². The number of nitrogens with zero attached hydrogens (tertiary/aromatic N) is 1. The fourth-order valence-electron chi connectivity index (χ4n) is 10.7. The normalized spacial score (nSPS) is 32.7. The number of ether oxygens (including phenoxy) is 1. The summed E-state index contributed by atoms with van der Waals surface area (Å²) in [7, 11) is 0. The topological polar surface area (TPSA) is 118 Å². The Kier molecular flexibility index (Phi) is 14.0. The summed E-state index contributed by atoms with van der Waals surface area (Å²) in [6.45, 7) is 17.6. The van der Waals surface area contributed by atoms with Gasteiger partial charge in [-0.2, -0.15) is 0 Å². The summed E-state index contributed by atoms with van der Waals surface area (Å²) >= 11 is 0. The molecule has 3 saturated carbocycles. The van der Waals surface area contributed by atoms with E-state index in [9.17, 15) is 9.59 Å². The smallest absolute Gasteiger partial charge is 0.397 e. The Balaban J connectivity index is 1.32. The minimum atomic E-state index is -0.651. The van der Waals surface area contributed by atoms with Crippen molar-refractivity contribution >= 4 is 11.9 Å². The summed E-state index contributed by atoms with van der Waals surface area (Å²) in [5.74, 6) is 3.81. The molecule has 0 aliphatic heterocycles. The van der Waals surface area contributed by atoms with E-state index in [-0.39, 0.29) is 11.5 Å². The van der Waals surface area contributed by atoms with Crippen molar-refractivity contribution < 1.29 is 31.1 Å². The number of hydrogen-bond acceptors (Lipinski definition) is 3. The molecule has 0 bridgehead atoms. The lowest BCUT2D eigenvalue weighted by atomic mass is 9.47. The van der Waals surface area contributed by atoms with Crippen LogP contribution in [0.5, 0.6) is 0 Å². The maximum absolute atomic E-state index is 13.3. The molecule has 264 valence electrons. The van der Waals surface area contributed by atoms with Crippen molar-refractivity contribution in [2.45, 2.75) is 137 Å². The van der Waals surface area contributed by atoms with Gasteiger partial charge in [0.05, 0.1) is 26.2 Å². The van der Waals surface area contributed by atoms with E-state index in [1.54, 1.807) is 4.90 Å². The Morgan fingerprint density at radius 2 is 1.65 bits per heavy atom. The number of nitrogens with two attached hydrogens (primary N) is 1. The maximum atomic E-state index is 13.3. The fourth-order valence-corrected chi connectivity index (χ4v) is 10.7. The summed E-state index contributed by atoms with van der Waals surface area (Å²) in [6.07, 6.45) is 19.9. The lowest BCUT2D eigenvalue weighted by molar-refractivity contribution is -0.657. The van der Waals surface area contributed by atoms with E-state index < -0.39 is 11.9 Å². The molecule has 4 aliphatic carbocycles. The molecule has 7 heteroatoms. The first-order valence-corrected chi connectivity index (χ1v) is 19.6. The van der Waals surface area contributed by atoms with Crippen LogP contribution in [0.1, 0.15) is 131 Å². The maximum Gasteiger partial charge on any atom is 0.397 e. The molecule has 8 N–H and O–H groups in total. The van der Waals surface area contributed by atoms with Gasteiger partial charge in [-0.3, -0.25) is 4.79 Å². The summed E-state index contributed by atoms with van der Waals surface area (Å²) in [4.78, 5) is 28.2. The molecule has 7 nitrogen and oxygen atoms in total. The molecule has 0 saturated heterocycles. The van der Waals surface area contributed by atoms with Crippen LogP contribution in [-0.2, 0) is 14.3 Å². The summed E-state index contributed by atoms with van der Waals surface area (Å²) in [5, 5.41) is 2.33. The molecule has 0 aromatic rings. The van der Waals surface area contributed by atoms with Crippen molar-refractivity contribution in [3.05, 3.63) is 11.6 Å². The number of hydrogen-bond donors (Lipinski definition) is 3. The van der Waals surface area contributed by atoms with E-state index in [0.717, 1.165) is 107 Å². The average Bonchev–Trinajstić information content (AvgIpc) is 3.39. The van der Waals surface area contributed by atoms with Crippen LogP contribution in [0.15, 0.2) is 11.6 Å². The van der Waals surface area contributed by atoms with Gasteiger partial charge < -0.3 is 26.4 Å². The third-order valence-corrected chi connectivity index (χ3v) is 13.4. The standard InChI is InChI=1S/C39H70N4O3/c1-28(2)11-8-12-29(3)33-15-16-34-32-14-13-30-27-31(17-19-38(30,4)35(32)18-20-39(33,34)5)46-37(45)36(44)43(26-10-22-41)25-7-6-23-42-24-9-21-40/h13,28-29,31-35,42H,6-12,14-27,40-41H2,1-5H3/p+3/t29-,31+,32+,33-,34+,35+,38+,39-/m1/s1. The largest absolute Gasteiger partial charge is 0.455 e. The van der Waals surface area contributed by atoms with Gasteiger partial charge in [0.25, 0.3) is 0 Å². The van der Waals surface area contributed by atoms with Crippen LogP contribution in [0, 0.1) is 46.3 Å². The van der Waals surface area contributed by atoms with Crippen molar-refractivity contribution in [2.75, 3.05) is 39.3 Å². The van der Waals surface area contributed by atoms with Crippen LogP contribution in [0.3, 0.4) is 0 Å². The van der Waals surface area contributed by atoms with Crippen molar-refractivity contribution in [2.24, 2.45) is 46.3 Å². The molecular formula is C39H73N4O3+3. The van der Waals surface area contributed by atoms with E-state index in [4.69, 9.17) is 4.74 Å². The number of fused-ring (bicyclic) bond motifs is 5. The number of carbonyl (C=O) groups is 2. The second-order valence-electron chi connectivity index (χ2n) is 16.8. The van der Waals surface area contributed by atoms with Gasteiger partial charge in [0.2, 0.25) is 0 Å². The van der Waals surface area contributed by atoms with E-state index in [1.807, 2.05) is 0 Å². The fraction of sp³-hybridized carbons (Fsp3) is 0.897. The van der Waals surface area contributed by atoms with Crippen LogP contribution in [0.2, 0.25) is 0 Å². The Labute approximate surface area is 281 Å². The lowest BCUT2D eigenvalue weighted by Crippen LogP contribution is -2.84. The minimum Gasteiger partial charge on any atom is -0.455 e. The third kappa shape index (κ3) is 8.77. The number of unbranched alkanes of at least 4 members (excludes halogenated alkanes) is 1. The summed E-state index contributed by atoms with van der Waals surface area (Å²) in [5.41, 5.74) is 10.1. The van der Waals surface area contributed by atoms with Gasteiger partial charge in [-0.25, -0.2) is 4.79 Å². The number of amides is 1. The molecule has 4 aliphatic rings. The Hall–Kier alpha value is -1.44. The molecule has 0 aromatic heterocycles. The zero-order chi connectivity index (χ0) is 33.3. The minimum absolute atomic E-state index is 0.180. The highest BCUT2D eigenvalue weighted by molar-refractivity contribution is 6.32. The van der Waals surface area contributed by atoms with Gasteiger partial charge in [-0.1, -0.05) is 65.5 Å². The van der Waals surface area contributed by atoms with E-state index in [0.29, 0.717) is 18.5 Å². The van der Waals surface area contributed by atoms with Gasteiger partial charge in [0.15, 0.2) is 0 Å². The van der Waals surface area contributed by atoms with Gasteiger partial charge in [0.1, 0.15) is 6.10 Å². The molecule has 0 aromatic carbocycles. The zero-order valence-corrected chi connectivity index (χ0v) is 30.6. The Bertz CT molecular complexity index is 1020. The van der Waals surface area contributed by atoms with Crippen LogP contribution >= 0.6 is 0 Å². The molecule has 0 unspecified atom stereocenters. The molecule has 0 spiro atoms. The predicted molar refractivity (Wildman–Crippen MR) is 185 cm³/mol. The van der Waals surface area contributed by atoms with E-state index >= 15 is 0 Å². The van der Waals surface area contributed by atoms with Crippen LogP contribution in [0.25, 0.3) is 0 Å². The van der Waals surface area contributed by atoms with Gasteiger partial charge >= 0.3 is 11.9 Å². The first-order valence-electron chi connectivity index (χ1n) is 19.6. The third-order valence-electron chi connectivity index (χ3n) is 13.4. The van der Waals surface area contributed by atoms with Crippen LogP contribution in [-0.4, -0.2) is 62.1 Å². The monoisotopic (exact) mass is 646 g/mol. The number of quaternary nitrogens is 3. The Morgan fingerprint density at radius 1 is 0.913 bits per heavy atom. The molecule has 1 amide bonds. The van der Waals surface area contributed by atoms with E-state index in [1.165, 1.54) is 56.9 Å². The van der Waals surface area contributed by atoms with Gasteiger partial charge in [-0.15, -0.1) is 0 Å². The van der Waals surface area contributed by atoms with Gasteiger partial charge in [-0.05, 0) is 104 Å².